The maximum atomic E-state index is 12.8. The summed E-state index contributed by atoms with van der Waals surface area (Å²) >= 11 is -2.78. The molecule has 0 aromatic rings. The van der Waals surface area contributed by atoms with Crippen molar-refractivity contribution in [2.75, 3.05) is 0 Å². The van der Waals surface area contributed by atoms with Gasteiger partial charge in [-0.1, -0.05) is 0 Å². The number of carbonyl (C=O) groups is 1. The second kappa shape index (κ2) is 11.8. The van der Waals surface area contributed by atoms with Crippen LogP contribution in [0.15, 0.2) is 0 Å². The Kier molecular flexibility index (Phi) is 11.9. The van der Waals surface area contributed by atoms with Gasteiger partial charge in [0.05, 0.1) is 0 Å². The van der Waals surface area contributed by atoms with Crippen molar-refractivity contribution in [2.45, 2.75) is 106 Å². The quantitative estimate of drug-likeness (QED) is 0.311. The third-order valence-electron chi connectivity index (χ3n) is 4.69. The molecule has 0 bridgehead atoms. The van der Waals surface area contributed by atoms with E-state index in [1.165, 1.54) is 51.8 Å². The molecule has 22 heavy (non-hydrogen) atoms. The average molecular weight is 419 g/mol. The number of rotatable bonds is 13. The number of carbonyl (C=O) groups excluding carboxylic acids is 1. The summed E-state index contributed by atoms with van der Waals surface area (Å²) in [7, 11) is 0. The molecule has 2 nitrogen and oxygen atoms in total. The number of hydrogen-bond acceptors (Lipinski definition) is 2. The molecule has 0 aliphatic carbocycles. The molecule has 0 fully saturated rings. The Morgan fingerprint density at radius 1 is 0.818 bits per heavy atom. The second-order valence-corrected chi connectivity index (χ2v) is 19.1. The Morgan fingerprint density at radius 3 is 1.55 bits per heavy atom. The van der Waals surface area contributed by atoms with Crippen LogP contribution in [0.3, 0.4) is 0 Å². The third kappa shape index (κ3) is 8.21. The van der Waals surface area contributed by atoms with Crippen molar-refractivity contribution in [3.05, 3.63) is 0 Å². The Balaban J connectivity index is 5.09. The van der Waals surface area contributed by atoms with Gasteiger partial charge in [-0.25, -0.2) is 0 Å². The van der Waals surface area contributed by atoms with Crippen molar-refractivity contribution in [1.82, 2.24) is 0 Å². The molecule has 132 valence electrons. The molecule has 3 heteroatoms. The van der Waals surface area contributed by atoms with E-state index >= 15 is 0 Å². The van der Waals surface area contributed by atoms with Crippen LogP contribution in [0.5, 0.6) is 0 Å². The van der Waals surface area contributed by atoms with Crippen LogP contribution in [0.25, 0.3) is 0 Å². The number of unbranched alkanes of at least 4 members (excludes halogenated alkanes) is 3. The van der Waals surface area contributed by atoms with E-state index in [4.69, 9.17) is 3.07 Å². The van der Waals surface area contributed by atoms with Crippen LogP contribution >= 0.6 is 0 Å². The Morgan fingerprint density at radius 2 is 1.23 bits per heavy atom. The molecule has 0 unspecified atom stereocenters. The summed E-state index contributed by atoms with van der Waals surface area (Å²) in [5, 5.41) is 0. The average Bonchev–Trinajstić information content (AvgIpc) is 2.48. The standard InChI is InChI=1S/C7H14O2.3C4H9.Sn/c1-4-5-7(2,3)6(8)9;3*1-3-4-2;/h4-5H2,1-3H3,(H,8,9);3*1,3-4H2,2H3;/q;;;;+1/p-1. The zero-order valence-electron chi connectivity index (χ0n) is 16.1. The molecule has 0 aromatic carbocycles. The van der Waals surface area contributed by atoms with Crippen LogP contribution in [0.4, 0.5) is 0 Å². The van der Waals surface area contributed by atoms with Gasteiger partial charge < -0.3 is 0 Å². The molecule has 0 saturated carbocycles. The van der Waals surface area contributed by atoms with Gasteiger partial charge in [0.15, 0.2) is 0 Å². The maximum absolute atomic E-state index is 12.8. The minimum absolute atomic E-state index is 0.105. The van der Waals surface area contributed by atoms with Crippen molar-refractivity contribution < 1.29 is 7.87 Å². The van der Waals surface area contributed by atoms with Gasteiger partial charge in [0.25, 0.3) is 0 Å². The first-order chi connectivity index (χ1) is 10.4. The van der Waals surface area contributed by atoms with Gasteiger partial charge in [-0.2, -0.15) is 0 Å². The van der Waals surface area contributed by atoms with Crippen molar-refractivity contribution in [3.63, 3.8) is 0 Å². The Labute approximate surface area is 144 Å². The van der Waals surface area contributed by atoms with Gasteiger partial charge >= 0.3 is 144 Å². The molecule has 0 aliphatic heterocycles. The first-order valence-electron chi connectivity index (χ1n) is 9.61. The Bertz CT molecular complexity index is 278. The number of hydrogen-bond donors (Lipinski definition) is 0. The first kappa shape index (κ1) is 22.3. The summed E-state index contributed by atoms with van der Waals surface area (Å²) in [6.07, 6.45) is 9.35. The van der Waals surface area contributed by atoms with Crippen molar-refractivity contribution in [2.24, 2.45) is 5.41 Å². The molecule has 0 heterocycles. The molecule has 0 atom stereocenters. The molecule has 0 N–H and O–H groups in total. The summed E-state index contributed by atoms with van der Waals surface area (Å²) in [6.45, 7) is 13.0. The monoisotopic (exact) mass is 420 g/mol. The molecular formula is C19H40O2Sn. The zero-order chi connectivity index (χ0) is 17.1. The van der Waals surface area contributed by atoms with Crippen LogP contribution in [0.1, 0.15) is 92.9 Å². The first-order valence-corrected chi connectivity index (χ1v) is 16.8. The molecule has 0 aromatic heterocycles. The fourth-order valence-corrected chi connectivity index (χ4v) is 16.6. The van der Waals surface area contributed by atoms with E-state index in [2.05, 4.69) is 41.5 Å². The Hall–Kier alpha value is 0.269. The predicted molar refractivity (Wildman–Crippen MR) is 99.7 cm³/mol. The normalized spacial score (nSPS) is 12.5. The van der Waals surface area contributed by atoms with E-state index in [1.807, 2.05) is 0 Å². The third-order valence-corrected chi connectivity index (χ3v) is 17.3. The van der Waals surface area contributed by atoms with Crippen LogP contribution in [0, 0.1) is 5.41 Å². The summed E-state index contributed by atoms with van der Waals surface area (Å²) < 4.78 is 10.1. The minimum atomic E-state index is -2.78. The summed E-state index contributed by atoms with van der Waals surface area (Å²) in [5.41, 5.74) is -0.304. The summed E-state index contributed by atoms with van der Waals surface area (Å²) in [4.78, 5) is 12.8. The van der Waals surface area contributed by atoms with E-state index in [1.54, 1.807) is 0 Å². The van der Waals surface area contributed by atoms with Crippen LogP contribution in [0.2, 0.25) is 13.3 Å². The van der Waals surface area contributed by atoms with Gasteiger partial charge in [0.2, 0.25) is 0 Å². The molecule has 0 aliphatic rings. The van der Waals surface area contributed by atoms with Crippen molar-refractivity contribution in [3.8, 4) is 0 Å². The fourth-order valence-electron chi connectivity index (χ4n) is 3.09. The molecular weight excluding hydrogens is 379 g/mol. The van der Waals surface area contributed by atoms with E-state index in [0.29, 0.717) is 0 Å². The summed E-state index contributed by atoms with van der Waals surface area (Å²) in [5.74, 6) is 0.105. The fraction of sp³-hybridized carbons (Fsp3) is 0.947. The predicted octanol–water partition coefficient (Wildman–Crippen LogP) is 6.70. The van der Waals surface area contributed by atoms with Gasteiger partial charge in [-0.3, -0.25) is 0 Å². The van der Waals surface area contributed by atoms with Crippen molar-refractivity contribution in [1.29, 1.82) is 0 Å². The topological polar surface area (TPSA) is 26.3 Å². The molecule has 0 amide bonds. The molecule has 0 radical (unpaired) electrons. The SMILES string of the molecule is CCC[CH2][Sn]([CH2]CCC)([CH2]CCC)[O]C(=O)C(C)(C)CCC. The molecule has 0 spiro atoms. The van der Waals surface area contributed by atoms with E-state index in [0.717, 1.165) is 12.8 Å². The van der Waals surface area contributed by atoms with E-state index in [-0.39, 0.29) is 11.4 Å². The second-order valence-electron chi connectivity index (χ2n) is 7.52. The van der Waals surface area contributed by atoms with Crippen LogP contribution in [-0.4, -0.2) is 24.8 Å². The van der Waals surface area contributed by atoms with Gasteiger partial charge in [-0.15, -0.1) is 0 Å². The van der Waals surface area contributed by atoms with Gasteiger partial charge in [0, 0.05) is 0 Å². The van der Waals surface area contributed by atoms with Gasteiger partial charge in [0.1, 0.15) is 0 Å². The van der Waals surface area contributed by atoms with Crippen LogP contribution in [-0.2, 0) is 7.87 Å². The van der Waals surface area contributed by atoms with E-state index in [9.17, 15) is 4.79 Å². The zero-order valence-corrected chi connectivity index (χ0v) is 18.9. The van der Waals surface area contributed by atoms with Crippen molar-refractivity contribution >= 4 is 24.8 Å². The van der Waals surface area contributed by atoms with Gasteiger partial charge in [-0.05, 0) is 0 Å². The molecule has 0 rings (SSSR count). The molecule has 0 saturated heterocycles. The van der Waals surface area contributed by atoms with Crippen LogP contribution < -0.4 is 0 Å². The van der Waals surface area contributed by atoms with E-state index < -0.39 is 18.8 Å². The summed E-state index contributed by atoms with van der Waals surface area (Å²) in [6, 6.07) is 0.